The minimum Gasteiger partial charge on any atom is -0.494 e. The number of rotatable bonds is 8. The van der Waals surface area contributed by atoms with Crippen molar-refractivity contribution in [2.45, 2.75) is 31.7 Å². The Labute approximate surface area is 131 Å². The first-order valence-electron chi connectivity index (χ1n) is 6.96. The number of carbonyl (C=O) groups excluding carboxylic acids is 1. The van der Waals surface area contributed by atoms with Crippen molar-refractivity contribution in [3.63, 3.8) is 0 Å². The van der Waals surface area contributed by atoms with Crippen LogP contribution in [-0.4, -0.2) is 33.5 Å². The smallest absolute Gasteiger partial charge is 0.241 e. The lowest BCUT2D eigenvalue weighted by molar-refractivity contribution is -0.122. The van der Waals surface area contributed by atoms with Crippen LogP contribution in [0.3, 0.4) is 0 Å². The van der Waals surface area contributed by atoms with Crippen LogP contribution in [-0.2, 0) is 14.8 Å². The van der Waals surface area contributed by atoms with Gasteiger partial charge in [-0.15, -0.1) is 6.58 Å². The highest BCUT2D eigenvalue weighted by molar-refractivity contribution is 7.89. The zero-order valence-corrected chi connectivity index (χ0v) is 13.9. The Morgan fingerprint density at radius 2 is 2.14 bits per heavy atom. The van der Waals surface area contributed by atoms with Crippen molar-refractivity contribution < 1.29 is 17.9 Å². The van der Waals surface area contributed by atoms with Gasteiger partial charge in [0.25, 0.3) is 0 Å². The lowest BCUT2D eigenvalue weighted by Crippen LogP contribution is -2.44. The van der Waals surface area contributed by atoms with E-state index in [0.29, 0.717) is 17.9 Å². The first-order valence-corrected chi connectivity index (χ1v) is 8.44. The molecule has 0 aliphatic heterocycles. The van der Waals surface area contributed by atoms with E-state index in [2.05, 4.69) is 16.6 Å². The van der Waals surface area contributed by atoms with Gasteiger partial charge in [0, 0.05) is 6.54 Å². The predicted molar refractivity (Wildman–Crippen MR) is 85.3 cm³/mol. The minimum absolute atomic E-state index is 0.0943. The molecule has 1 aromatic rings. The molecule has 0 aliphatic carbocycles. The van der Waals surface area contributed by atoms with E-state index >= 15 is 0 Å². The van der Waals surface area contributed by atoms with E-state index in [-0.39, 0.29) is 11.4 Å². The van der Waals surface area contributed by atoms with Crippen molar-refractivity contribution in [1.82, 2.24) is 10.0 Å². The molecule has 0 aromatic heterocycles. The van der Waals surface area contributed by atoms with Crippen LogP contribution in [0.25, 0.3) is 0 Å². The highest BCUT2D eigenvalue weighted by Crippen LogP contribution is 2.21. The number of benzene rings is 1. The van der Waals surface area contributed by atoms with Crippen LogP contribution in [0.1, 0.15) is 19.4 Å². The summed E-state index contributed by atoms with van der Waals surface area (Å²) in [6.45, 7) is 9.38. The molecule has 0 spiro atoms. The quantitative estimate of drug-likeness (QED) is 0.707. The highest BCUT2D eigenvalue weighted by atomic mass is 32.2. The van der Waals surface area contributed by atoms with Crippen molar-refractivity contribution in [2.24, 2.45) is 0 Å². The molecule has 2 N–H and O–H groups in total. The second-order valence-corrected chi connectivity index (χ2v) is 6.45. The van der Waals surface area contributed by atoms with E-state index in [1.165, 1.54) is 25.1 Å². The van der Waals surface area contributed by atoms with Gasteiger partial charge in [0.1, 0.15) is 5.75 Å². The molecule has 7 heteroatoms. The number of amides is 1. The maximum Gasteiger partial charge on any atom is 0.241 e. The van der Waals surface area contributed by atoms with Crippen molar-refractivity contribution in [1.29, 1.82) is 0 Å². The second kappa shape index (κ2) is 7.95. The minimum atomic E-state index is -3.78. The van der Waals surface area contributed by atoms with Crippen LogP contribution in [0.5, 0.6) is 5.75 Å². The Morgan fingerprint density at radius 3 is 2.68 bits per heavy atom. The van der Waals surface area contributed by atoms with Crippen molar-refractivity contribution in [3.05, 3.63) is 36.4 Å². The molecule has 0 radical (unpaired) electrons. The number of nitrogens with one attached hydrogen (secondary N) is 2. The molecule has 122 valence electrons. The van der Waals surface area contributed by atoms with Crippen LogP contribution in [0, 0.1) is 6.92 Å². The summed E-state index contributed by atoms with van der Waals surface area (Å²) in [5, 5.41) is 2.54. The molecule has 1 rings (SSSR count). The summed E-state index contributed by atoms with van der Waals surface area (Å²) in [7, 11) is -3.78. The fourth-order valence-electron chi connectivity index (χ4n) is 1.79. The normalized spacial score (nSPS) is 12.5. The van der Waals surface area contributed by atoms with Gasteiger partial charge in [-0.2, -0.15) is 4.72 Å². The molecule has 6 nitrogen and oxygen atoms in total. The molecule has 0 heterocycles. The van der Waals surface area contributed by atoms with Gasteiger partial charge < -0.3 is 10.1 Å². The van der Waals surface area contributed by atoms with Crippen molar-refractivity contribution in [3.8, 4) is 5.75 Å². The second-order valence-electron chi connectivity index (χ2n) is 4.74. The molecular weight excluding hydrogens is 304 g/mol. The largest absolute Gasteiger partial charge is 0.494 e. The molecule has 0 saturated carbocycles. The van der Waals surface area contributed by atoms with Crippen LogP contribution < -0.4 is 14.8 Å². The van der Waals surface area contributed by atoms with Crippen LogP contribution in [0.4, 0.5) is 0 Å². The first-order chi connectivity index (χ1) is 10.3. The molecule has 0 aliphatic rings. The van der Waals surface area contributed by atoms with Gasteiger partial charge in [0.2, 0.25) is 15.9 Å². The number of hydrogen-bond donors (Lipinski definition) is 2. The summed E-state index contributed by atoms with van der Waals surface area (Å²) in [4.78, 5) is 11.8. The molecular formula is C15H22N2O4S. The Kier molecular flexibility index (Phi) is 6.58. The first kappa shape index (κ1) is 18.2. The van der Waals surface area contributed by atoms with E-state index in [0.717, 1.165) is 0 Å². The van der Waals surface area contributed by atoms with E-state index in [9.17, 15) is 13.2 Å². The maximum absolute atomic E-state index is 12.3. The van der Waals surface area contributed by atoms with Gasteiger partial charge in [-0.25, -0.2) is 8.42 Å². The number of hydrogen-bond acceptors (Lipinski definition) is 4. The molecule has 1 atom stereocenters. The molecule has 22 heavy (non-hydrogen) atoms. The topological polar surface area (TPSA) is 84.5 Å². The average Bonchev–Trinajstić information content (AvgIpc) is 2.46. The highest BCUT2D eigenvalue weighted by Gasteiger charge is 2.22. The summed E-state index contributed by atoms with van der Waals surface area (Å²) in [5.74, 6) is 0.226. The zero-order chi connectivity index (χ0) is 16.8. The van der Waals surface area contributed by atoms with Crippen molar-refractivity contribution in [2.75, 3.05) is 13.2 Å². The summed E-state index contributed by atoms with van der Waals surface area (Å²) in [6.07, 6.45) is 1.52. The zero-order valence-electron chi connectivity index (χ0n) is 13.0. The third kappa shape index (κ3) is 4.85. The Bertz CT molecular complexity index is 641. The summed E-state index contributed by atoms with van der Waals surface area (Å²) in [6, 6.07) is 3.70. The summed E-state index contributed by atoms with van der Waals surface area (Å²) >= 11 is 0. The maximum atomic E-state index is 12.3. The average molecular weight is 326 g/mol. The van der Waals surface area contributed by atoms with Crippen LogP contribution in [0.15, 0.2) is 35.7 Å². The monoisotopic (exact) mass is 326 g/mol. The number of ether oxygens (including phenoxy) is 1. The van der Waals surface area contributed by atoms with Gasteiger partial charge in [0.05, 0.1) is 17.5 Å². The van der Waals surface area contributed by atoms with E-state index in [1.54, 1.807) is 13.0 Å². The molecule has 0 fully saturated rings. The van der Waals surface area contributed by atoms with Gasteiger partial charge in [0.15, 0.2) is 0 Å². The Balaban J connectivity index is 2.88. The molecule has 0 unspecified atom stereocenters. The van der Waals surface area contributed by atoms with Gasteiger partial charge in [-0.1, -0.05) is 6.08 Å². The summed E-state index contributed by atoms with van der Waals surface area (Å²) in [5.41, 5.74) is 0.716. The third-order valence-electron chi connectivity index (χ3n) is 2.90. The molecule has 0 saturated heterocycles. The van der Waals surface area contributed by atoms with Gasteiger partial charge in [-0.3, -0.25) is 4.79 Å². The number of aryl methyl sites for hydroxylation is 1. The number of sulfonamides is 1. The van der Waals surface area contributed by atoms with Crippen molar-refractivity contribution >= 4 is 15.9 Å². The Morgan fingerprint density at radius 1 is 1.45 bits per heavy atom. The van der Waals surface area contributed by atoms with Crippen LogP contribution in [0.2, 0.25) is 0 Å². The van der Waals surface area contributed by atoms with E-state index in [1.807, 2.05) is 6.92 Å². The predicted octanol–water partition coefficient (Wildman–Crippen LogP) is 1.36. The fourth-order valence-corrected chi connectivity index (χ4v) is 3.07. The molecule has 1 aromatic carbocycles. The third-order valence-corrected chi connectivity index (χ3v) is 4.44. The molecule has 1 amide bonds. The van der Waals surface area contributed by atoms with Gasteiger partial charge >= 0.3 is 0 Å². The lowest BCUT2D eigenvalue weighted by atomic mass is 10.2. The van der Waals surface area contributed by atoms with Crippen LogP contribution >= 0.6 is 0 Å². The lowest BCUT2D eigenvalue weighted by Gasteiger charge is -2.15. The van der Waals surface area contributed by atoms with Gasteiger partial charge in [-0.05, 0) is 44.5 Å². The SMILES string of the molecule is C=CCNC(=O)[C@H](C)NS(=O)(=O)c1ccc(OCC)c(C)c1. The number of carbonyl (C=O) groups is 1. The standard InChI is InChI=1S/C15H22N2O4S/c1-5-9-16-15(18)12(4)17-22(19,20)13-7-8-14(21-6-2)11(3)10-13/h5,7-8,10,12,17H,1,6,9H2,2-4H3,(H,16,18)/t12-/m0/s1. The molecule has 0 bridgehead atoms. The summed E-state index contributed by atoms with van der Waals surface area (Å²) < 4.78 is 32.3. The fraction of sp³-hybridized carbons (Fsp3) is 0.400. The van der Waals surface area contributed by atoms with E-state index in [4.69, 9.17) is 4.74 Å². The Hall–Kier alpha value is -1.86. The van der Waals surface area contributed by atoms with E-state index < -0.39 is 22.0 Å².